The van der Waals surface area contributed by atoms with Gasteiger partial charge in [-0.1, -0.05) is 49.2 Å². The molecule has 0 fully saturated rings. The highest BCUT2D eigenvalue weighted by Gasteiger charge is 2.27. The molecule has 3 nitrogen and oxygen atoms in total. The topological polar surface area (TPSA) is 35.5 Å². The van der Waals surface area contributed by atoms with E-state index in [0.29, 0.717) is 21.5 Å². The Kier molecular flexibility index (Phi) is 6.14. The van der Waals surface area contributed by atoms with Gasteiger partial charge in [-0.05, 0) is 24.3 Å². The molecule has 0 N–H and O–H groups in total. The van der Waals surface area contributed by atoms with Gasteiger partial charge in [0.25, 0.3) is 0 Å². The zero-order valence-electron chi connectivity index (χ0n) is 14.1. The van der Waals surface area contributed by atoms with Gasteiger partial charge in [0, 0.05) is 33.0 Å². The zero-order chi connectivity index (χ0) is 17.9. The second-order valence-corrected chi connectivity index (χ2v) is 6.49. The number of rotatable bonds is 6. The van der Waals surface area contributed by atoms with E-state index in [9.17, 15) is 4.79 Å². The fourth-order valence-corrected chi connectivity index (χ4v) is 3.09. The highest BCUT2D eigenvalue weighted by atomic mass is 35.5. The Bertz CT molecular complexity index is 682. The molecule has 0 aliphatic carbocycles. The monoisotopic (exact) mass is 366 g/mol. The largest absolute Gasteiger partial charge is 0.496 e. The zero-order valence-corrected chi connectivity index (χ0v) is 15.6. The van der Waals surface area contributed by atoms with Crippen LogP contribution in [0, 0.1) is 0 Å². The summed E-state index contributed by atoms with van der Waals surface area (Å²) in [6, 6.07) is 10.6. The second-order valence-electron chi connectivity index (χ2n) is 5.62. The van der Waals surface area contributed by atoms with Gasteiger partial charge in [-0.3, -0.25) is 4.79 Å². The summed E-state index contributed by atoms with van der Waals surface area (Å²) in [6.07, 6.45) is 0. The van der Waals surface area contributed by atoms with Crippen molar-refractivity contribution in [2.45, 2.75) is 25.7 Å². The van der Waals surface area contributed by atoms with Crippen LogP contribution in [0.1, 0.15) is 36.8 Å². The molecule has 2 unspecified atom stereocenters. The first-order chi connectivity index (χ1) is 11.4. The highest BCUT2D eigenvalue weighted by molar-refractivity contribution is 6.31. The van der Waals surface area contributed by atoms with Crippen molar-refractivity contribution in [1.82, 2.24) is 0 Å². The summed E-state index contributed by atoms with van der Waals surface area (Å²) in [5, 5.41) is 1.14. The quantitative estimate of drug-likeness (QED) is 0.678. The summed E-state index contributed by atoms with van der Waals surface area (Å²) in [5.74, 6) is 0.605. The van der Waals surface area contributed by atoms with Gasteiger partial charge in [0.15, 0.2) is 0 Å². The van der Waals surface area contributed by atoms with Crippen LogP contribution in [0.4, 0.5) is 0 Å². The van der Waals surface area contributed by atoms with Crippen molar-refractivity contribution in [3.05, 3.63) is 57.6 Å². The number of halogens is 2. The number of ether oxygens (including phenoxy) is 2. The molecular weight excluding hydrogens is 347 g/mol. The van der Waals surface area contributed by atoms with Crippen LogP contribution in [0.3, 0.4) is 0 Å². The Balaban J connectivity index is 2.34. The number of carbonyl (C=O) groups excluding carboxylic acids is 1. The van der Waals surface area contributed by atoms with Crippen molar-refractivity contribution in [3.8, 4) is 11.5 Å². The molecular formula is C19H20Cl2O3. The summed E-state index contributed by atoms with van der Waals surface area (Å²) >= 11 is 12.0. The standard InChI is InChI=1S/C19H20Cl2O3/c1-11(15-7-5-13(20)9-17(15)23-3)19(22)12(2)16-8-6-14(21)10-18(16)24-4/h5-12H,1-4H3. The first-order valence-corrected chi connectivity index (χ1v) is 8.35. The fourth-order valence-electron chi connectivity index (χ4n) is 2.77. The van der Waals surface area contributed by atoms with Crippen molar-refractivity contribution >= 4 is 29.0 Å². The maximum absolute atomic E-state index is 13.0. The highest BCUT2D eigenvalue weighted by Crippen LogP contribution is 2.36. The molecule has 2 atom stereocenters. The third-order valence-corrected chi connectivity index (χ3v) is 4.65. The number of ketones is 1. The smallest absolute Gasteiger partial charge is 0.147 e. The first kappa shape index (κ1) is 18.6. The van der Waals surface area contributed by atoms with Gasteiger partial charge in [-0.25, -0.2) is 0 Å². The number of hydrogen-bond acceptors (Lipinski definition) is 3. The van der Waals surface area contributed by atoms with Gasteiger partial charge in [-0.2, -0.15) is 0 Å². The van der Waals surface area contributed by atoms with Gasteiger partial charge < -0.3 is 9.47 Å². The predicted molar refractivity (Wildman–Crippen MR) is 97.8 cm³/mol. The van der Waals surface area contributed by atoms with E-state index >= 15 is 0 Å². The van der Waals surface area contributed by atoms with E-state index in [0.717, 1.165) is 11.1 Å². The van der Waals surface area contributed by atoms with Gasteiger partial charge in [0.05, 0.1) is 14.2 Å². The van der Waals surface area contributed by atoms with Crippen LogP contribution >= 0.6 is 23.2 Å². The summed E-state index contributed by atoms with van der Waals surface area (Å²) in [7, 11) is 3.13. The molecule has 5 heteroatoms. The Hall–Kier alpha value is -1.71. The third kappa shape index (κ3) is 3.85. The van der Waals surface area contributed by atoms with Crippen LogP contribution in [0.2, 0.25) is 10.0 Å². The molecule has 2 rings (SSSR count). The van der Waals surface area contributed by atoms with E-state index in [1.54, 1.807) is 38.5 Å². The molecule has 0 spiro atoms. The molecule has 0 aromatic heterocycles. The predicted octanol–water partition coefficient (Wildman–Crippen LogP) is 5.49. The molecule has 128 valence electrons. The molecule has 24 heavy (non-hydrogen) atoms. The average molecular weight is 367 g/mol. The normalized spacial score (nSPS) is 13.2. The minimum atomic E-state index is -0.340. The molecule has 0 aliphatic rings. The van der Waals surface area contributed by atoms with E-state index in [4.69, 9.17) is 32.7 Å². The Morgan fingerprint density at radius 2 is 1.21 bits per heavy atom. The lowest BCUT2D eigenvalue weighted by atomic mass is 9.85. The Labute approximate surface area is 152 Å². The van der Waals surface area contributed by atoms with E-state index < -0.39 is 0 Å². The van der Waals surface area contributed by atoms with E-state index in [-0.39, 0.29) is 17.6 Å². The minimum Gasteiger partial charge on any atom is -0.496 e. The number of benzene rings is 2. The molecule has 0 aliphatic heterocycles. The number of Topliss-reactive ketones (excluding diaryl/α,β-unsaturated/α-hetero) is 1. The van der Waals surface area contributed by atoms with Gasteiger partial charge in [0.2, 0.25) is 0 Å². The lowest BCUT2D eigenvalue weighted by Crippen LogP contribution is -2.17. The van der Waals surface area contributed by atoms with Crippen LogP contribution in [-0.4, -0.2) is 20.0 Å². The number of carbonyl (C=O) groups is 1. The number of hydrogen-bond donors (Lipinski definition) is 0. The van der Waals surface area contributed by atoms with Crippen molar-refractivity contribution < 1.29 is 14.3 Å². The van der Waals surface area contributed by atoms with Crippen molar-refractivity contribution in [3.63, 3.8) is 0 Å². The van der Waals surface area contributed by atoms with Crippen molar-refractivity contribution in [2.24, 2.45) is 0 Å². The molecule has 0 amide bonds. The van der Waals surface area contributed by atoms with E-state index in [1.165, 1.54) is 0 Å². The summed E-state index contributed by atoms with van der Waals surface area (Å²) in [5.41, 5.74) is 1.62. The lowest BCUT2D eigenvalue weighted by molar-refractivity contribution is -0.121. The first-order valence-electron chi connectivity index (χ1n) is 7.59. The SMILES string of the molecule is COc1cc(Cl)ccc1C(C)C(=O)C(C)c1ccc(Cl)cc1OC. The molecule has 0 radical (unpaired) electrons. The van der Waals surface area contributed by atoms with E-state index in [1.807, 2.05) is 26.0 Å². The Morgan fingerprint density at radius 3 is 1.54 bits per heavy atom. The lowest BCUT2D eigenvalue weighted by Gasteiger charge is -2.20. The maximum atomic E-state index is 13.0. The van der Waals surface area contributed by atoms with Crippen molar-refractivity contribution in [1.29, 1.82) is 0 Å². The van der Waals surface area contributed by atoms with Gasteiger partial charge in [-0.15, -0.1) is 0 Å². The van der Waals surface area contributed by atoms with Gasteiger partial charge in [0.1, 0.15) is 17.3 Å². The van der Waals surface area contributed by atoms with E-state index in [2.05, 4.69) is 0 Å². The van der Waals surface area contributed by atoms with Gasteiger partial charge >= 0.3 is 0 Å². The van der Waals surface area contributed by atoms with Crippen LogP contribution in [0.5, 0.6) is 11.5 Å². The molecule has 2 aromatic carbocycles. The number of methoxy groups -OCH3 is 2. The summed E-state index contributed by atoms with van der Waals surface area (Å²) in [4.78, 5) is 13.0. The molecule has 0 bridgehead atoms. The van der Waals surface area contributed by atoms with Crippen LogP contribution in [-0.2, 0) is 4.79 Å². The third-order valence-electron chi connectivity index (χ3n) is 4.18. The van der Waals surface area contributed by atoms with Crippen LogP contribution in [0.25, 0.3) is 0 Å². The molecule has 0 saturated carbocycles. The summed E-state index contributed by atoms with van der Waals surface area (Å²) in [6.45, 7) is 3.74. The molecule has 0 saturated heterocycles. The summed E-state index contributed by atoms with van der Waals surface area (Å²) < 4.78 is 10.7. The second kappa shape index (κ2) is 7.91. The van der Waals surface area contributed by atoms with Crippen molar-refractivity contribution in [2.75, 3.05) is 14.2 Å². The van der Waals surface area contributed by atoms with Crippen LogP contribution < -0.4 is 9.47 Å². The molecule has 2 aromatic rings. The Morgan fingerprint density at radius 1 is 0.833 bits per heavy atom. The van der Waals surface area contributed by atoms with Crippen LogP contribution in [0.15, 0.2) is 36.4 Å². The minimum absolute atomic E-state index is 0.0660. The fraction of sp³-hybridized carbons (Fsp3) is 0.316. The molecule has 0 heterocycles. The maximum Gasteiger partial charge on any atom is 0.147 e. The average Bonchev–Trinajstić information content (AvgIpc) is 2.59.